The highest BCUT2D eigenvalue weighted by Crippen LogP contribution is 2.17. The van der Waals surface area contributed by atoms with Gasteiger partial charge in [-0.3, -0.25) is 10.1 Å². The smallest absolute Gasteiger partial charge is 0.267 e. The molecule has 0 saturated heterocycles. The highest BCUT2D eigenvalue weighted by Gasteiger charge is 2.10. The fourth-order valence-electron chi connectivity index (χ4n) is 2.40. The minimum Gasteiger partial charge on any atom is -0.332 e. The van der Waals surface area contributed by atoms with E-state index >= 15 is 0 Å². The number of carbonyl (C=O) groups excluding carboxylic acids is 1. The lowest BCUT2D eigenvalue weighted by atomic mass is 10.3. The number of nitrogens with zero attached hydrogens (tertiary/aromatic N) is 3. The second-order valence-electron chi connectivity index (χ2n) is 5.41. The molecule has 0 aliphatic carbocycles. The molecule has 1 amide bonds. The Morgan fingerprint density at radius 3 is 2.58 bits per heavy atom. The number of anilines is 1. The average molecular weight is 379 g/mol. The van der Waals surface area contributed by atoms with Crippen molar-refractivity contribution in [2.45, 2.75) is 0 Å². The summed E-state index contributed by atoms with van der Waals surface area (Å²) in [5.74, 6) is -0.228. The number of amides is 1. The molecule has 128 valence electrons. The summed E-state index contributed by atoms with van der Waals surface area (Å²) < 4.78 is 0. The lowest BCUT2D eigenvalue weighted by molar-refractivity contribution is 0.0981. The Kier molecular flexibility index (Phi) is 4.42. The van der Waals surface area contributed by atoms with Crippen LogP contribution >= 0.6 is 23.6 Å². The van der Waals surface area contributed by atoms with E-state index in [1.807, 2.05) is 60.0 Å². The number of hydrogen-bond acceptors (Lipinski definition) is 5. The van der Waals surface area contributed by atoms with Crippen LogP contribution in [0.4, 0.5) is 5.69 Å². The van der Waals surface area contributed by atoms with Crippen LogP contribution < -0.4 is 10.6 Å². The minimum absolute atomic E-state index is 0.228. The number of para-hydroxylation sites is 1. The Labute approximate surface area is 158 Å². The molecule has 0 bridgehead atoms. The zero-order valence-corrected chi connectivity index (χ0v) is 15.1. The van der Waals surface area contributed by atoms with Gasteiger partial charge in [0, 0.05) is 5.69 Å². The van der Waals surface area contributed by atoms with Gasteiger partial charge in [0.2, 0.25) is 0 Å². The molecule has 0 radical (unpaired) electrons. The van der Waals surface area contributed by atoms with Gasteiger partial charge in [0.1, 0.15) is 11.0 Å². The largest absolute Gasteiger partial charge is 0.332 e. The molecule has 0 spiro atoms. The standard InChI is InChI=1S/C18H13N5OS2/c24-17(16-7-4-10-26-16)20-18(25)19-12-8-9-14-15(11-12)22-23(21-14)13-5-2-1-3-6-13/h1-11H,(H2,19,20,24,25). The maximum Gasteiger partial charge on any atom is 0.267 e. The molecule has 4 aromatic rings. The van der Waals surface area contributed by atoms with Crippen LogP contribution in [0.2, 0.25) is 0 Å². The van der Waals surface area contributed by atoms with Crippen molar-refractivity contribution >= 4 is 51.3 Å². The van der Waals surface area contributed by atoms with Crippen molar-refractivity contribution in [1.29, 1.82) is 0 Å². The number of nitrogens with one attached hydrogen (secondary N) is 2. The molecule has 26 heavy (non-hydrogen) atoms. The van der Waals surface area contributed by atoms with Crippen molar-refractivity contribution < 1.29 is 4.79 Å². The van der Waals surface area contributed by atoms with Crippen LogP contribution in [-0.4, -0.2) is 26.0 Å². The molecular formula is C18H13N5OS2. The van der Waals surface area contributed by atoms with Gasteiger partial charge < -0.3 is 5.32 Å². The third kappa shape index (κ3) is 3.46. The van der Waals surface area contributed by atoms with Gasteiger partial charge >= 0.3 is 0 Å². The number of aromatic nitrogens is 3. The van der Waals surface area contributed by atoms with E-state index in [1.165, 1.54) is 11.3 Å². The second kappa shape index (κ2) is 7.03. The topological polar surface area (TPSA) is 71.8 Å². The van der Waals surface area contributed by atoms with E-state index in [1.54, 1.807) is 10.9 Å². The van der Waals surface area contributed by atoms with E-state index < -0.39 is 0 Å². The summed E-state index contributed by atoms with van der Waals surface area (Å²) in [6.07, 6.45) is 0. The fourth-order valence-corrected chi connectivity index (χ4v) is 3.23. The van der Waals surface area contributed by atoms with Crippen molar-refractivity contribution in [3.05, 3.63) is 70.9 Å². The third-order valence-electron chi connectivity index (χ3n) is 3.60. The summed E-state index contributed by atoms with van der Waals surface area (Å²) in [6.45, 7) is 0. The highest BCUT2D eigenvalue weighted by molar-refractivity contribution is 7.80. The van der Waals surface area contributed by atoms with E-state index in [4.69, 9.17) is 12.2 Å². The van der Waals surface area contributed by atoms with Crippen molar-refractivity contribution in [3.63, 3.8) is 0 Å². The summed E-state index contributed by atoms with van der Waals surface area (Å²) in [6, 6.07) is 18.8. The predicted molar refractivity (Wildman–Crippen MR) is 107 cm³/mol. The quantitative estimate of drug-likeness (QED) is 0.532. The summed E-state index contributed by atoms with van der Waals surface area (Å²) in [5.41, 5.74) is 3.12. The van der Waals surface area contributed by atoms with Gasteiger partial charge in [0.05, 0.1) is 10.6 Å². The van der Waals surface area contributed by atoms with Gasteiger partial charge in [-0.25, -0.2) is 0 Å². The van der Waals surface area contributed by atoms with Gasteiger partial charge in [-0.15, -0.1) is 21.5 Å². The van der Waals surface area contributed by atoms with E-state index in [9.17, 15) is 4.79 Å². The molecule has 8 heteroatoms. The van der Waals surface area contributed by atoms with Crippen LogP contribution in [0.3, 0.4) is 0 Å². The van der Waals surface area contributed by atoms with Crippen molar-refractivity contribution in [1.82, 2.24) is 20.3 Å². The first kappa shape index (κ1) is 16.4. The van der Waals surface area contributed by atoms with Gasteiger partial charge in [0.15, 0.2) is 5.11 Å². The zero-order chi connectivity index (χ0) is 17.9. The Morgan fingerprint density at radius 1 is 1.00 bits per heavy atom. The molecule has 2 heterocycles. The second-order valence-corrected chi connectivity index (χ2v) is 6.77. The molecule has 0 saturated carbocycles. The van der Waals surface area contributed by atoms with E-state index in [0.717, 1.165) is 22.4 Å². The molecule has 0 aliphatic rings. The van der Waals surface area contributed by atoms with Crippen LogP contribution in [0.15, 0.2) is 66.0 Å². The first-order valence-electron chi connectivity index (χ1n) is 7.77. The van der Waals surface area contributed by atoms with Gasteiger partial charge in [-0.05, 0) is 54.0 Å². The van der Waals surface area contributed by atoms with Crippen molar-refractivity contribution in [2.24, 2.45) is 0 Å². The summed E-state index contributed by atoms with van der Waals surface area (Å²) in [4.78, 5) is 14.2. The molecule has 2 aromatic carbocycles. The lowest BCUT2D eigenvalue weighted by Gasteiger charge is -2.08. The average Bonchev–Trinajstić information content (AvgIpc) is 3.32. The number of fused-ring (bicyclic) bond motifs is 1. The zero-order valence-electron chi connectivity index (χ0n) is 13.4. The molecular weight excluding hydrogens is 366 g/mol. The lowest BCUT2D eigenvalue weighted by Crippen LogP contribution is -2.33. The third-order valence-corrected chi connectivity index (χ3v) is 4.67. The number of rotatable bonds is 3. The summed E-state index contributed by atoms with van der Waals surface area (Å²) in [5, 5.41) is 16.7. The molecule has 0 aliphatic heterocycles. The van der Waals surface area contributed by atoms with E-state index in [-0.39, 0.29) is 11.0 Å². The van der Waals surface area contributed by atoms with Gasteiger partial charge in [0.25, 0.3) is 5.91 Å². The predicted octanol–water partition coefficient (Wildman–Crippen LogP) is 3.61. The Bertz CT molecular complexity index is 1070. The monoisotopic (exact) mass is 379 g/mol. The Hall–Kier alpha value is -3.10. The molecule has 6 nitrogen and oxygen atoms in total. The normalized spacial score (nSPS) is 10.6. The van der Waals surface area contributed by atoms with E-state index in [2.05, 4.69) is 20.8 Å². The summed E-state index contributed by atoms with van der Waals surface area (Å²) in [7, 11) is 0. The van der Waals surface area contributed by atoms with Crippen molar-refractivity contribution in [3.8, 4) is 5.69 Å². The van der Waals surface area contributed by atoms with Crippen LogP contribution in [0.1, 0.15) is 9.67 Å². The van der Waals surface area contributed by atoms with Gasteiger partial charge in [-0.2, -0.15) is 4.80 Å². The van der Waals surface area contributed by atoms with Crippen LogP contribution in [0.25, 0.3) is 16.7 Å². The fraction of sp³-hybridized carbons (Fsp3) is 0. The molecule has 2 N–H and O–H groups in total. The van der Waals surface area contributed by atoms with Gasteiger partial charge in [-0.1, -0.05) is 24.3 Å². The number of thiophene rings is 1. The van der Waals surface area contributed by atoms with Crippen LogP contribution in [-0.2, 0) is 0 Å². The number of benzene rings is 2. The highest BCUT2D eigenvalue weighted by atomic mass is 32.1. The SMILES string of the molecule is O=C(NC(=S)Nc1ccc2nn(-c3ccccc3)nc2c1)c1cccs1. The number of hydrogen-bond donors (Lipinski definition) is 2. The molecule has 0 atom stereocenters. The van der Waals surface area contributed by atoms with Crippen LogP contribution in [0, 0.1) is 0 Å². The molecule has 2 aromatic heterocycles. The molecule has 4 rings (SSSR count). The maximum atomic E-state index is 12.0. The first-order chi connectivity index (χ1) is 12.7. The van der Waals surface area contributed by atoms with Crippen molar-refractivity contribution in [2.75, 3.05) is 5.32 Å². The Morgan fingerprint density at radius 2 is 1.81 bits per heavy atom. The number of thiocarbonyl (C=S) groups is 1. The molecule has 0 unspecified atom stereocenters. The summed E-state index contributed by atoms with van der Waals surface area (Å²) >= 11 is 6.57. The maximum absolute atomic E-state index is 12.0. The molecule has 0 fully saturated rings. The van der Waals surface area contributed by atoms with Crippen LogP contribution in [0.5, 0.6) is 0 Å². The number of carbonyl (C=O) groups is 1. The minimum atomic E-state index is -0.228. The first-order valence-corrected chi connectivity index (χ1v) is 9.06. The Balaban J connectivity index is 1.50. The van der Waals surface area contributed by atoms with E-state index in [0.29, 0.717) is 4.88 Å².